The van der Waals surface area contributed by atoms with Crippen LogP contribution in [-0.2, 0) is 11.3 Å². The number of fused-ring (bicyclic) bond motifs is 1. The average molecular weight is 353 g/mol. The molecule has 1 fully saturated rings. The van der Waals surface area contributed by atoms with Gasteiger partial charge in [-0.2, -0.15) is 0 Å². The number of carbonyl (C=O) groups is 1. The van der Waals surface area contributed by atoms with Crippen LogP contribution in [0.5, 0.6) is 0 Å². The van der Waals surface area contributed by atoms with Crippen LogP contribution in [0.1, 0.15) is 29.6 Å². The number of rotatable bonds is 5. The van der Waals surface area contributed by atoms with E-state index < -0.39 is 0 Å². The minimum Gasteiger partial charge on any atom is -0.465 e. The first-order chi connectivity index (χ1) is 12.7. The number of piperidine rings is 1. The highest BCUT2D eigenvalue weighted by Gasteiger charge is 2.14. The Morgan fingerprint density at radius 2 is 2.08 bits per heavy atom. The number of nitrogens with one attached hydrogen (secondary N) is 1. The Balaban J connectivity index is 1.54. The zero-order valence-electron chi connectivity index (χ0n) is 14.9. The minimum atomic E-state index is -0.343. The van der Waals surface area contributed by atoms with Gasteiger partial charge in [-0.05, 0) is 44.1 Å². The number of aromatic nitrogens is 4. The number of likely N-dealkylation sites (tertiary alicyclic amines) is 1. The summed E-state index contributed by atoms with van der Waals surface area (Å²) in [5.74, 6) is -0.343. The van der Waals surface area contributed by atoms with Crippen LogP contribution in [0.25, 0.3) is 22.2 Å². The van der Waals surface area contributed by atoms with Gasteiger partial charge in [0.15, 0.2) is 0 Å². The Bertz CT molecular complexity index is 908. The average Bonchev–Trinajstić information content (AvgIpc) is 3.32. The highest BCUT2D eigenvalue weighted by molar-refractivity contribution is 6.00. The molecule has 7 nitrogen and oxygen atoms in total. The van der Waals surface area contributed by atoms with Crippen LogP contribution in [0.15, 0.2) is 30.6 Å². The van der Waals surface area contributed by atoms with E-state index in [1.54, 1.807) is 6.07 Å². The third kappa shape index (κ3) is 3.35. The van der Waals surface area contributed by atoms with Crippen LogP contribution in [0.2, 0.25) is 0 Å². The predicted molar refractivity (Wildman–Crippen MR) is 98.9 cm³/mol. The lowest BCUT2D eigenvalue weighted by molar-refractivity contribution is 0.0601. The van der Waals surface area contributed by atoms with Crippen molar-refractivity contribution in [2.75, 3.05) is 26.7 Å². The van der Waals surface area contributed by atoms with E-state index >= 15 is 0 Å². The minimum absolute atomic E-state index is 0.343. The van der Waals surface area contributed by atoms with Gasteiger partial charge in [0.1, 0.15) is 5.69 Å². The van der Waals surface area contributed by atoms with Crippen LogP contribution in [-0.4, -0.2) is 57.6 Å². The van der Waals surface area contributed by atoms with Gasteiger partial charge in [0, 0.05) is 29.2 Å². The summed E-state index contributed by atoms with van der Waals surface area (Å²) in [7, 11) is 1.39. The molecule has 1 N–H and O–H groups in total. The quantitative estimate of drug-likeness (QED) is 0.714. The first-order valence-electron chi connectivity index (χ1n) is 9.07. The Morgan fingerprint density at radius 1 is 1.23 bits per heavy atom. The number of H-pyrrole nitrogens is 1. The molecule has 0 radical (unpaired) electrons. The second-order valence-corrected chi connectivity index (χ2v) is 6.72. The van der Waals surface area contributed by atoms with E-state index in [2.05, 4.69) is 20.2 Å². The molecule has 1 saturated heterocycles. The van der Waals surface area contributed by atoms with Crippen molar-refractivity contribution >= 4 is 16.9 Å². The van der Waals surface area contributed by atoms with Crippen molar-refractivity contribution in [2.24, 2.45) is 0 Å². The largest absolute Gasteiger partial charge is 0.465 e. The molecule has 1 aliphatic heterocycles. The van der Waals surface area contributed by atoms with Gasteiger partial charge in [0.25, 0.3) is 0 Å². The van der Waals surface area contributed by atoms with Crippen molar-refractivity contribution in [3.8, 4) is 11.3 Å². The Labute approximate surface area is 151 Å². The predicted octanol–water partition coefficient (Wildman–Crippen LogP) is 2.70. The van der Waals surface area contributed by atoms with E-state index in [1.807, 2.05) is 29.2 Å². The van der Waals surface area contributed by atoms with E-state index in [0.29, 0.717) is 5.56 Å². The molecule has 2 aromatic heterocycles. The zero-order valence-corrected chi connectivity index (χ0v) is 14.9. The van der Waals surface area contributed by atoms with Crippen LogP contribution >= 0.6 is 0 Å². The summed E-state index contributed by atoms with van der Waals surface area (Å²) < 4.78 is 6.71. The number of nitrogens with zero attached hydrogens (tertiary/aromatic N) is 4. The van der Waals surface area contributed by atoms with Gasteiger partial charge >= 0.3 is 5.97 Å². The molecular formula is C19H23N5O2. The summed E-state index contributed by atoms with van der Waals surface area (Å²) in [6.45, 7) is 4.20. The number of hydrogen-bond donors (Lipinski definition) is 1. The third-order valence-corrected chi connectivity index (χ3v) is 5.01. The van der Waals surface area contributed by atoms with Crippen molar-refractivity contribution in [3.63, 3.8) is 0 Å². The van der Waals surface area contributed by atoms with Crippen LogP contribution < -0.4 is 0 Å². The fourth-order valence-corrected chi connectivity index (χ4v) is 3.54. The fraction of sp³-hybridized carbons (Fsp3) is 0.421. The number of hydrogen-bond acceptors (Lipinski definition) is 5. The normalized spacial score (nSPS) is 15.4. The highest BCUT2D eigenvalue weighted by Crippen LogP contribution is 2.28. The van der Waals surface area contributed by atoms with Crippen molar-refractivity contribution in [1.29, 1.82) is 0 Å². The fourth-order valence-electron chi connectivity index (χ4n) is 3.54. The van der Waals surface area contributed by atoms with Gasteiger partial charge in [0.2, 0.25) is 0 Å². The van der Waals surface area contributed by atoms with E-state index in [-0.39, 0.29) is 5.97 Å². The second kappa shape index (κ2) is 7.29. The summed E-state index contributed by atoms with van der Waals surface area (Å²) >= 11 is 0. The molecule has 0 atom stereocenters. The molecule has 1 aromatic carbocycles. The standard InChI is InChI=1S/C19H23N5O2/c1-26-19(25)14-5-6-17-15(11-14)16(12-20-17)18-13-24(22-21-18)10-9-23-7-3-2-4-8-23/h5-6,11-13,20H,2-4,7-10H2,1H3. The Morgan fingerprint density at radius 3 is 2.88 bits per heavy atom. The van der Waals surface area contributed by atoms with Crippen molar-refractivity contribution in [1.82, 2.24) is 24.9 Å². The second-order valence-electron chi connectivity index (χ2n) is 6.72. The van der Waals surface area contributed by atoms with Gasteiger partial charge in [-0.1, -0.05) is 11.6 Å². The summed E-state index contributed by atoms with van der Waals surface area (Å²) in [6, 6.07) is 5.47. The Hall–Kier alpha value is -2.67. The van der Waals surface area contributed by atoms with Crippen LogP contribution in [0.3, 0.4) is 0 Å². The zero-order chi connectivity index (χ0) is 17.9. The molecule has 0 spiro atoms. The first-order valence-corrected chi connectivity index (χ1v) is 9.07. The molecule has 4 rings (SSSR count). The SMILES string of the molecule is COC(=O)c1ccc2[nH]cc(-c3cn(CCN4CCCCC4)nn3)c2c1. The molecule has 0 amide bonds. The van der Waals surface area contributed by atoms with E-state index in [1.165, 1.54) is 39.5 Å². The number of ether oxygens (including phenoxy) is 1. The number of carbonyl (C=O) groups excluding carboxylic acids is 1. The number of esters is 1. The molecule has 0 unspecified atom stereocenters. The molecule has 0 bridgehead atoms. The van der Waals surface area contributed by atoms with Gasteiger partial charge in [-0.25, -0.2) is 4.79 Å². The topological polar surface area (TPSA) is 76.0 Å². The lowest BCUT2D eigenvalue weighted by Crippen LogP contribution is -2.32. The van der Waals surface area contributed by atoms with E-state index in [0.717, 1.165) is 35.2 Å². The molecular weight excluding hydrogens is 330 g/mol. The van der Waals surface area contributed by atoms with Crippen molar-refractivity contribution in [3.05, 3.63) is 36.2 Å². The lowest BCUT2D eigenvalue weighted by atomic mass is 10.1. The summed E-state index contributed by atoms with van der Waals surface area (Å²) in [5.41, 5.74) is 3.22. The first kappa shape index (κ1) is 16.8. The molecule has 3 heterocycles. The maximum absolute atomic E-state index is 11.8. The smallest absolute Gasteiger partial charge is 0.337 e. The van der Waals surface area contributed by atoms with Crippen molar-refractivity contribution in [2.45, 2.75) is 25.8 Å². The summed E-state index contributed by atoms with van der Waals surface area (Å²) in [5, 5.41) is 9.54. The molecule has 0 saturated carbocycles. The Kier molecular flexibility index (Phi) is 4.71. The molecule has 26 heavy (non-hydrogen) atoms. The van der Waals surface area contributed by atoms with Gasteiger partial charge in [0.05, 0.1) is 25.4 Å². The number of benzene rings is 1. The number of aromatic amines is 1. The van der Waals surface area contributed by atoms with E-state index in [9.17, 15) is 4.79 Å². The molecule has 7 heteroatoms. The van der Waals surface area contributed by atoms with Crippen LogP contribution in [0.4, 0.5) is 0 Å². The lowest BCUT2D eigenvalue weighted by Gasteiger charge is -2.25. The molecule has 1 aliphatic rings. The highest BCUT2D eigenvalue weighted by atomic mass is 16.5. The van der Waals surface area contributed by atoms with Gasteiger partial charge in [-0.3, -0.25) is 4.68 Å². The van der Waals surface area contributed by atoms with E-state index in [4.69, 9.17) is 4.74 Å². The maximum Gasteiger partial charge on any atom is 0.337 e. The summed E-state index contributed by atoms with van der Waals surface area (Å²) in [6.07, 6.45) is 7.81. The van der Waals surface area contributed by atoms with Crippen molar-refractivity contribution < 1.29 is 9.53 Å². The molecule has 136 valence electrons. The van der Waals surface area contributed by atoms with Gasteiger partial charge < -0.3 is 14.6 Å². The maximum atomic E-state index is 11.8. The third-order valence-electron chi connectivity index (χ3n) is 5.01. The molecule has 3 aromatic rings. The van der Waals surface area contributed by atoms with Crippen LogP contribution in [0, 0.1) is 0 Å². The number of methoxy groups -OCH3 is 1. The summed E-state index contributed by atoms with van der Waals surface area (Å²) in [4.78, 5) is 17.5. The van der Waals surface area contributed by atoms with Gasteiger partial charge in [-0.15, -0.1) is 5.10 Å². The molecule has 0 aliphatic carbocycles. The monoisotopic (exact) mass is 353 g/mol.